The maximum absolute atomic E-state index is 12.9. The van der Waals surface area contributed by atoms with Crippen molar-refractivity contribution in [1.82, 2.24) is 15.1 Å². The van der Waals surface area contributed by atoms with E-state index in [4.69, 9.17) is 11.6 Å². The van der Waals surface area contributed by atoms with Crippen molar-refractivity contribution in [1.29, 1.82) is 0 Å². The summed E-state index contributed by atoms with van der Waals surface area (Å²) in [6.07, 6.45) is -3.82. The second kappa shape index (κ2) is 10.3. The van der Waals surface area contributed by atoms with Crippen LogP contribution in [0.15, 0.2) is 35.7 Å². The lowest BCUT2D eigenvalue weighted by molar-refractivity contribution is -0.137. The fourth-order valence-electron chi connectivity index (χ4n) is 3.19. The molecule has 2 heterocycles. The number of carbonyl (C=O) groups excluding carboxylic acids is 2. The number of rotatable bonds is 6. The van der Waals surface area contributed by atoms with Gasteiger partial charge in [0.15, 0.2) is 0 Å². The van der Waals surface area contributed by atoms with Gasteiger partial charge in [-0.25, -0.2) is 4.79 Å². The van der Waals surface area contributed by atoms with Crippen molar-refractivity contribution in [3.05, 3.63) is 51.2 Å². The van der Waals surface area contributed by atoms with Gasteiger partial charge in [0.2, 0.25) is 5.91 Å². The van der Waals surface area contributed by atoms with Gasteiger partial charge >= 0.3 is 12.2 Å². The van der Waals surface area contributed by atoms with Gasteiger partial charge in [0.05, 0.1) is 17.1 Å². The van der Waals surface area contributed by atoms with E-state index in [-0.39, 0.29) is 18.3 Å². The van der Waals surface area contributed by atoms with Crippen LogP contribution in [0.3, 0.4) is 0 Å². The van der Waals surface area contributed by atoms with E-state index < -0.39 is 22.7 Å². The summed E-state index contributed by atoms with van der Waals surface area (Å²) in [5.74, 6) is -0.427. The smallest absolute Gasteiger partial charge is 0.338 e. The summed E-state index contributed by atoms with van der Waals surface area (Å²) in [6, 6.07) is 7.11. The third-order valence-electron chi connectivity index (χ3n) is 4.81. The molecule has 1 aromatic heterocycles. The molecular formula is C20H22ClF3N4O2S. The highest BCUT2D eigenvalue weighted by Crippen LogP contribution is 2.36. The summed E-state index contributed by atoms with van der Waals surface area (Å²) >= 11 is 7.24. The number of benzene rings is 1. The first-order chi connectivity index (χ1) is 14.7. The zero-order valence-electron chi connectivity index (χ0n) is 16.5. The van der Waals surface area contributed by atoms with Gasteiger partial charge in [-0.3, -0.25) is 9.69 Å². The summed E-state index contributed by atoms with van der Waals surface area (Å²) in [6.45, 7) is 2.52. The molecule has 1 aliphatic heterocycles. The topological polar surface area (TPSA) is 64.7 Å². The molecule has 0 aliphatic carbocycles. The first kappa shape index (κ1) is 23.4. The second-order valence-electron chi connectivity index (χ2n) is 7.07. The number of urea groups is 1. The van der Waals surface area contributed by atoms with Gasteiger partial charge < -0.3 is 15.5 Å². The van der Waals surface area contributed by atoms with Gasteiger partial charge in [-0.05, 0) is 36.1 Å². The van der Waals surface area contributed by atoms with Crippen LogP contribution < -0.4 is 10.6 Å². The third-order valence-corrected chi connectivity index (χ3v) is 6.08. The van der Waals surface area contributed by atoms with Crippen LogP contribution in [-0.4, -0.2) is 61.0 Å². The number of nitrogens with zero attached hydrogens (tertiary/aromatic N) is 2. The zero-order chi connectivity index (χ0) is 22.4. The molecule has 1 aromatic carbocycles. The molecule has 3 amide bonds. The minimum absolute atomic E-state index is 0.0256. The minimum Gasteiger partial charge on any atom is -0.338 e. The zero-order valence-corrected chi connectivity index (χ0v) is 18.1. The van der Waals surface area contributed by atoms with Crippen molar-refractivity contribution < 1.29 is 22.8 Å². The lowest BCUT2D eigenvalue weighted by Gasteiger charge is -2.34. The summed E-state index contributed by atoms with van der Waals surface area (Å²) in [5, 5.41) is 6.94. The minimum atomic E-state index is -4.60. The second-order valence-corrected chi connectivity index (χ2v) is 8.50. The molecule has 1 saturated heterocycles. The molecule has 0 bridgehead atoms. The molecule has 0 unspecified atom stereocenters. The van der Waals surface area contributed by atoms with Gasteiger partial charge in [0, 0.05) is 43.3 Å². The number of alkyl halides is 3. The molecule has 11 heteroatoms. The summed E-state index contributed by atoms with van der Waals surface area (Å²) in [7, 11) is 0. The first-order valence-corrected chi connectivity index (χ1v) is 10.9. The van der Waals surface area contributed by atoms with Crippen molar-refractivity contribution in [3.63, 3.8) is 0 Å². The van der Waals surface area contributed by atoms with Crippen molar-refractivity contribution in [3.8, 4) is 0 Å². The summed E-state index contributed by atoms with van der Waals surface area (Å²) in [5.41, 5.74) is -0.962. The monoisotopic (exact) mass is 474 g/mol. The third kappa shape index (κ3) is 6.84. The number of anilines is 1. The Morgan fingerprint density at radius 1 is 1.13 bits per heavy atom. The van der Waals surface area contributed by atoms with Crippen LogP contribution in [0.25, 0.3) is 0 Å². The van der Waals surface area contributed by atoms with Crippen molar-refractivity contribution >= 4 is 40.6 Å². The number of nitrogens with one attached hydrogen (secondary N) is 2. The molecule has 0 spiro atoms. The van der Waals surface area contributed by atoms with E-state index in [1.54, 1.807) is 16.2 Å². The fraction of sp³-hybridized carbons (Fsp3) is 0.400. The first-order valence-electron chi connectivity index (χ1n) is 9.66. The predicted molar refractivity (Wildman–Crippen MR) is 115 cm³/mol. The van der Waals surface area contributed by atoms with Gasteiger partial charge in [-0.2, -0.15) is 13.2 Å². The van der Waals surface area contributed by atoms with E-state index in [0.717, 1.165) is 18.6 Å². The Hall–Kier alpha value is -2.30. The SMILES string of the molecule is O=C(CN1CCN(C(=O)NCCc2cccs2)CC1)Nc1ccc(Cl)c(C(F)(F)F)c1. The molecular weight excluding hydrogens is 453 g/mol. The van der Waals surface area contributed by atoms with E-state index in [1.807, 2.05) is 22.4 Å². The van der Waals surface area contributed by atoms with Gasteiger partial charge in [0.25, 0.3) is 0 Å². The van der Waals surface area contributed by atoms with Gasteiger partial charge in [-0.15, -0.1) is 11.3 Å². The van der Waals surface area contributed by atoms with E-state index >= 15 is 0 Å². The van der Waals surface area contributed by atoms with Crippen molar-refractivity contribution in [2.45, 2.75) is 12.6 Å². The molecule has 1 aliphatic rings. The highest BCUT2D eigenvalue weighted by Gasteiger charge is 2.33. The Morgan fingerprint density at radius 3 is 2.52 bits per heavy atom. The number of hydrogen-bond donors (Lipinski definition) is 2. The van der Waals surface area contributed by atoms with Crippen LogP contribution in [0.2, 0.25) is 5.02 Å². The number of amides is 3. The van der Waals surface area contributed by atoms with Crippen LogP contribution >= 0.6 is 22.9 Å². The summed E-state index contributed by atoms with van der Waals surface area (Å²) < 4.78 is 38.8. The molecule has 168 valence electrons. The fourth-order valence-corrected chi connectivity index (χ4v) is 4.13. The standard InChI is InChI=1S/C20H22ClF3N4O2S/c21-17-4-3-14(12-16(17)20(22,23)24)26-18(29)13-27-7-9-28(10-8-27)19(30)25-6-5-15-2-1-11-31-15/h1-4,11-12H,5-10,13H2,(H,25,30)(H,26,29). The molecule has 1 fully saturated rings. The largest absolute Gasteiger partial charge is 0.417 e. The average molecular weight is 475 g/mol. The summed E-state index contributed by atoms with van der Waals surface area (Å²) in [4.78, 5) is 29.2. The number of hydrogen-bond acceptors (Lipinski definition) is 4. The number of piperazine rings is 1. The Morgan fingerprint density at radius 2 is 1.87 bits per heavy atom. The quantitative estimate of drug-likeness (QED) is 0.666. The predicted octanol–water partition coefficient (Wildman–Crippen LogP) is 3.93. The molecule has 2 aromatic rings. The van der Waals surface area contributed by atoms with Crippen molar-refractivity contribution in [2.75, 3.05) is 44.6 Å². The lowest BCUT2D eigenvalue weighted by atomic mass is 10.2. The molecule has 6 nitrogen and oxygen atoms in total. The van der Waals surface area contributed by atoms with E-state index in [9.17, 15) is 22.8 Å². The highest BCUT2D eigenvalue weighted by molar-refractivity contribution is 7.09. The number of thiophene rings is 1. The Labute approximate surface area is 187 Å². The van der Waals surface area contributed by atoms with E-state index in [2.05, 4.69) is 10.6 Å². The molecule has 0 saturated carbocycles. The Kier molecular flexibility index (Phi) is 7.79. The lowest BCUT2D eigenvalue weighted by Crippen LogP contribution is -2.53. The van der Waals surface area contributed by atoms with Crippen LogP contribution in [0.5, 0.6) is 0 Å². The number of carbonyl (C=O) groups is 2. The average Bonchev–Trinajstić information content (AvgIpc) is 3.22. The highest BCUT2D eigenvalue weighted by atomic mass is 35.5. The molecule has 3 rings (SSSR count). The van der Waals surface area contributed by atoms with Gasteiger partial charge in [-0.1, -0.05) is 17.7 Å². The van der Waals surface area contributed by atoms with Crippen LogP contribution in [0, 0.1) is 0 Å². The molecule has 0 radical (unpaired) electrons. The van der Waals surface area contributed by atoms with E-state index in [0.29, 0.717) is 32.7 Å². The molecule has 2 N–H and O–H groups in total. The maximum atomic E-state index is 12.9. The van der Waals surface area contributed by atoms with Crippen LogP contribution in [-0.2, 0) is 17.4 Å². The molecule has 31 heavy (non-hydrogen) atoms. The number of halogens is 4. The van der Waals surface area contributed by atoms with Crippen LogP contribution in [0.4, 0.5) is 23.7 Å². The van der Waals surface area contributed by atoms with E-state index in [1.165, 1.54) is 10.9 Å². The normalized spacial score (nSPS) is 15.0. The van der Waals surface area contributed by atoms with Crippen molar-refractivity contribution in [2.24, 2.45) is 0 Å². The maximum Gasteiger partial charge on any atom is 0.417 e. The Balaban J connectivity index is 1.41. The van der Waals surface area contributed by atoms with Gasteiger partial charge in [0.1, 0.15) is 0 Å². The van der Waals surface area contributed by atoms with Crippen LogP contribution in [0.1, 0.15) is 10.4 Å². The Bertz CT molecular complexity index is 900. The molecule has 0 atom stereocenters.